The van der Waals surface area contributed by atoms with E-state index in [0.29, 0.717) is 18.7 Å². The van der Waals surface area contributed by atoms with Gasteiger partial charge in [0.1, 0.15) is 5.82 Å². The van der Waals surface area contributed by atoms with Gasteiger partial charge in [-0.05, 0) is 24.3 Å². The Labute approximate surface area is 129 Å². The van der Waals surface area contributed by atoms with Gasteiger partial charge in [-0.25, -0.2) is 4.39 Å². The molecule has 0 spiro atoms. The summed E-state index contributed by atoms with van der Waals surface area (Å²) >= 11 is 0. The third kappa shape index (κ3) is 6.47. The fraction of sp³-hybridized carbons (Fsp3) is 0.438. The first kappa shape index (κ1) is 17.8. The monoisotopic (exact) mass is 308 g/mol. The molecule has 2 N–H and O–H groups in total. The lowest BCUT2D eigenvalue weighted by atomic mass is 10.1. The van der Waals surface area contributed by atoms with E-state index in [4.69, 9.17) is 0 Å². The van der Waals surface area contributed by atoms with Crippen molar-refractivity contribution < 1.29 is 18.8 Å². The van der Waals surface area contributed by atoms with Crippen molar-refractivity contribution in [1.82, 2.24) is 10.6 Å². The second-order valence-corrected chi connectivity index (χ2v) is 5.23. The van der Waals surface area contributed by atoms with Crippen LogP contribution in [0, 0.1) is 11.7 Å². The molecule has 0 aliphatic heterocycles. The predicted octanol–water partition coefficient (Wildman–Crippen LogP) is 1.68. The van der Waals surface area contributed by atoms with Gasteiger partial charge in [0.15, 0.2) is 5.78 Å². The number of halogens is 1. The lowest BCUT2D eigenvalue weighted by molar-refractivity contribution is -0.124. The number of carbonyl (C=O) groups excluding carboxylic acids is 3. The van der Waals surface area contributed by atoms with Crippen LogP contribution < -0.4 is 10.6 Å². The van der Waals surface area contributed by atoms with Crippen LogP contribution in [0.15, 0.2) is 24.3 Å². The first-order chi connectivity index (χ1) is 10.4. The van der Waals surface area contributed by atoms with Gasteiger partial charge < -0.3 is 10.6 Å². The van der Waals surface area contributed by atoms with Gasteiger partial charge in [0.25, 0.3) is 0 Å². The van der Waals surface area contributed by atoms with Crippen LogP contribution in [0.1, 0.15) is 37.0 Å². The van der Waals surface area contributed by atoms with E-state index in [2.05, 4.69) is 10.6 Å². The van der Waals surface area contributed by atoms with Crippen LogP contribution in [0.25, 0.3) is 0 Å². The molecule has 0 radical (unpaired) electrons. The summed E-state index contributed by atoms with van der Waals surface area (Å²) in [6.45, 7) is 4.25. The van der Waals surface area contributed by atoms with E-state index in [-0.39, 0.29) is 36.4 Å². The zero-order chi connectivity index (χ0) is 16.5. The summed E-state index contributed by atoms with van der Waals surface area (Å²) in [5.41, 5.74) is 0.387. The lowest BCUT2D eigenvalue weighted by Gasteiger charge is -2.08. The molecule has 1 rings (SSSR count). The maximum absolute atomic E-state index is 12.7. The topological polar surface area (TPSA) is 75.3 Å². The summed E-state index contributed by atoms with van der Waals surface area (Å²) in [6, 6.07) is 5.23. The molecule has 0 saturated carbocycles. The number of Topliss-reactive ketones (excluding diaryl/α,β-unsaturated/α-hetero) is 1. The third-order valence-electron chi connectivity index (χ3n) is 3.02. The fourth-order valence-corrected chi connectivity index (χ4v) is 1.69. The van der Waals surface area contributed by atoms with Gasteiger partial charge in [-0.15, -0.1) is 0 Å². The van der Waals surface area contributed by atoms with E-state index in [1.807, 2.05) is 0 Å². The minimum absolute atomic E-state index is 0.0638. The van der Waals surface area contributed by atoms with Crippen molar-refractivity contribution in [3.8, 4) is 0 Å². The molecule has 0 aromatic heterocycles. The van der Waals surface area contributed by atoms with Crippen molar-refractivity contribution in [3.63, 3.8) is 0 Å². The molecule has 0 aliphatic carbocycles. The van der Waals surface area contributed by atoms with E-state index in [9.17, 15) is 18.8 Å². The minimum Gasteiger partial charge on any atom is -0.354 e. The summed E-state index contributed by atoms with van der Waals surface area (Å²) in [5, 5.41) is 5.30. The van der Waals surface area contributed by atoms with E-state index < -0.39 is 5.82 Å². The van der Waals surface area contributed by atoms with Gasteiger partial charge in [0, 0.05) is 37.4 Å². The number of ketones is 1. The third-order valence-corrected chi connectivity index (χ3v) is 3.02. The minimum atomic E-state index is -0.405. The van der Waals surface area contributed by atoms with Crippen molar-refractivity contribution in [3.05, 3.63) is 35.6 Å². The summed E-state index contributed by atoms with van der Waals surface area (Å²) in [5.74, 6) is -1.03. The molecular formula is C16H21FN2O3. The summed E-state index contributed by atoms with van der Waals surface area (Å²) < 4.78 is 12.7. The first-order valence-electron chi connectivity index (χ1n) is 7.23. The average Bonchev–Trinajstić information content (AvgIpc) is 2.49. The van der Waals surface area contributed by atoms with Gasteiger partial charge in [-0.3, -0.25) is 14.4 Å². The Balaban J connectivity index is 2.21. The normalized spacial score (nSPS) is 10.4. The molecule has 5 nitrogen and oxygen atoms in total. The molecule has 22 heavy (non-hydrogen) atoms. The van der Waals surface area contributed by atoms with Crippen LogP contribution in [0.4, 0.5) is 4.39 Å². The van der Waals surface area contributed by atoms with Crippen LogP contribution in [0.2, 0.25) is 0 Å². The Hall–Kier alpha value is -2.24. The van der Waals surface area contributed by atoms with Crippen LogP contribution in [-0.4, -0.2) is 30.7 Å². The number of amides is 2. The summed E-state index contributed by atoms with van der Waals surface area (Å²) in [6.07, 6.45) is 0.129. The van der Waals surface area contributed by atoms with Gasteiger partial charge in [0.05, 0.1) is 0 Å². The average molecular weight is 308 g/mol. The largest absolute Gasteiger partial charge is 0.354 e. The number of benzene rings is 1. The zero-order valence-electron chi connectivity index (χ0n) is 12.8. The second-order valence-electron chi connectivity index (χ2n) is 5.23. The quantitative estimate of drug-likeness (QED) is 0.567. The van der Waals surface area contributed by atoms with E-state index in [1.165, 1.54) is 24.3 Å². The van der Waals surface area contributed by atoms with Crippen molar-refractivity contribution in [2.75, 3.05) is 13.1 Å². The Morgan fingerprint density at radius 2 is 1.59 bits per heavy atom. The highest BCUT2D eigenvalue weighted by molar-refractivity contribution is 5.97. The van der Waals surface area contributed by atoms with Gasteiger partial charge >= 0.3 is 0 Å². The van der Waals surface area contributed by atoms with Gasteiger partial charge in [-0.2, -0.15) is 0 Å². The van der Waals surface area contributed by atoms with E-state index in [1.54, 1.807) is 13.8 Å². The molecule has 0 saturated heterocycles. The van der Waals surface area contributed by atoms with Crippen LogP contribution in [0.3, 0.4) is 0 Å². The van der Waals surface area contributed by atoms with E-state index in [0.717, 1.165) is 0 Å². The maximum Gasteiger partial charge on any atom is 0.222 e. The molecular weight excluding hydrogens is 287 g/mol. The number of nitrogens with one attached hydrogen (secondary N) is 2. The molecule has 0 atom stereocenters. The van der Waals surface area contributed by atoms with Gasteiger partial charge in [0.2, 0.25) is 11.8 Å². The SMILES string of the molecule is CC(C)C(=O)NCCNC(=O)CCC(=O)c1ccc(F)cc1. The lowest BCUT2D eigenvalue weighted by Crippen LogP contribution is -2.36. The maximum atomic E-state index is 12.7. The Morgan fingerprint density at radius 1 is 1.00 bits per heavy atom. The van der Waals surface area contributed by atoms with Crippen molar-refractivity contribution in [1.29, 1.82) is 0 Å². The Bertz CT molecular complexity index is 527. The van der Waals surface area contributed by atoms with Crippen LogP contribution in [-0.2, 0) is 9.59 Å². The highest BCUT2D eigenvalue weighted by atomic mass is 19.1. The smallest absolute Gasteiger partial charge is 0.222 e. The Morgan fingerprint density at radius 3 is 2.18 bits per heavy atom. The van der Waals surface area contributed by atoms with Crippen molar-refractivity contribution in [2.45, 2.75) is 26.7 Å². The summed E-state index contributed by atoms with van der Waals surface area (Å²) in [7, 11) is 0. The number of hydrogen-bond acceptors (Lipinski definition) is 3. The van der Waals surface area contributed by atoms with Crippen molar-refractivity contribution in [2.24, 2.45) is 5.92 Å². The fourth-order valence-electron chi connectivity index (χ4n) is 1.69. The summed E-state index contributed by atoms with van der Waals surface area (Å²) in [4.78, 5) is 34.7. The predicted molar refractivity (Wildman–Crippen MR) is 80.8 cm³/mol. The second kappa shape index (κ2) is 8.92. The van der Waals surface area contributed by atoms with E-state index >= 15 is 0 Å². The zero-order valence-corrected chi connectivity index (χ0v) is 12.8. The molecule has 0 heterocycles. The molecule has 120 valence electrons. The molecule has 0 bridgehead atoms. The molecule has 2 amide bonds. The van der Waals surface area contributed by atoms with Crippen LogP contribution >= 0.6 is 0 Å². The van der Waals surface area contributed by atoms with Crippen LogP contribution in [0.5, 0.6) is 0 Å². The molecule has 1 aromatic rings. The highest BCUT2D eigenvalue weighted by Gasteiger charge is 2.10. The molecule has 1 aromatic carbocycles. The molecule has 0 fully saturated rings. The molecule has 6 heteroatoms. The number of rotatable bonds is 8. The number of carbonyl (C=O) groups is 3. The van der Waals surface area contributed by atoms with Gasteiger partial charge in [-0.1, -0.05) is 13.8 Å². The standard InChI is InChI=1S/C16H21FN2O3/c1-11(2)16(22)19-10-9-18-15(21)8-7-14(20)12-3-5-13(17)6-4-12/h3-6,11H,7-10H2,1-2H3,(H,18,21)(H,19,22). The first-order valence-corrected chi connectivity index (χ1v) is 7.23. The van der Waals surface area contributed by atoms with Crippen molar-refractivity contribution >= 4 is 17.6 Å². The Kier molecular flexibility index (Phi) is 7.22. The number of hydrogen-bond donors (Lipinski definition) is 2. The highest BCUT2D eigenvalue weighted by Crippen LogP contribution is 2.07. The molecule has 0 aliphatic rings. The molecule has 0 unspecified atom stereocenters.